The molecule has 0 saturated heterocycles. The van der Waals surface area contributed by atoms with Crippen LogP contribution >= 0.6 is 22.6 Å². The Kier molecular flexibility index (Phi) is 8.21. The van der Waals surface area contributed by atoms with Gasteiger partial charge < -0.3 is 14.7 Å². The molecule has 0 heterocycles. The van der Waals surface area contributed by atoms with Crippen LogP contribution in [0.15, 0.2) is 48.0 Å². The number of hydrogen-bond acceptors (Lipinski definition) is 4. The van der Waals surface area contributed by atoms with Gasteiger partial charge in [0.1, 0.15) is 24.0 Å². The van der Waals surface area contributed by atoms with Gasteiger partial charge in [-0.2, -0.15) is 5.26 Å². The molecule has 0 spiro atoms. The van der Waals surface area contributed by atoms with Crippen molar-refractivity contribution in [3.05, 3.63) is 68.3 Å². The van der Waals surface area contributed by atoms with Crippen LogP contribution in [0.3, 0.4) is 0 Å². The molecule has 2 aromatic carbocycles. The van der Waals surface area contributed by atoms with E-state index in [9.17, 15) is 14.9 Å². The van der Waals surface area contributed by atoms with E-state index in [0.29, 0.717) is 25.4 Å². The molecule has 2 rings (SSSR count). The molecule has 0 fully saturated rings. The Hall–Kier alpha value is -2.86. The van der Waals surface area contributed by atoms with E-state index in [1.807, 2.05) is 26.0 Å². The standard InChI is InChI=1S/C22H21IN2O4/c1-3-25(4-2)21(26)18(13-24)11-16-7-10-20(19(23)12-16)29-14-15-5-8-17(9-6-15)22(27)28/h5-12H,3-4,14H2,1-2H3,(H,27,28)/b18-11-. The van der Waals surface area contributed by atoms with Crippen molar-refractivity contribution in [2.45, 2.75) is 20.5 Å². The first-order chi connectivity index (χ1) is 13.9. The van der Waals surface area contributed by atoms with Crippen LogP contribution in [0.25, 0.3) is 6.08 Å². The number of aromatic carboxylic acids is 1. The number of carbonyl (C=O) groups excluding carboxylic acids is 1. The van der Waals surface area contributed by atoms with E-state index in [4.69, 9.17) is 9.84 Å². The average Bonchev–Trinajstić information content (AvgIpc) is 2.72. The second kappa shape index (κ2) is 10.6. The fourth-order valence-corrected chi connectivity index (χ4v) is 3.31. The van der Waals surface area contributed by atoms with Gasteiger partial charge in [0.15, 0.2) is 0 Å². The highest BCUT2D eigenvalue weighted by atomic mass is 127. The van der Waals surface area contributed by atoms with Gasteiger partial charge in [0.25, 0.3) is 5.91 Å². The van der Waals surface area contributed by atoms with Crippen molar-refractivity contribution >= 4 is 40.5 Å². The summed E-state index contributed by atoms with van der Waals surface area (Å²) < 4.78 is 6.65. The number of benzene rings is 2. The summed E-state index contributed by atoms with van der Waals surface area (Å²) in [6.07, 6.45) is 1.58. The van der Waals surface area contributed by atoms with Gasteiger partial charge in [0, 0.05) is 13.1 Å². The number of hydrogen-bond donors (Lipinski definition) is 1. The van der Waals surface area contributed by atoms with Crippen molar-refractivity contribution < 1.29 is 19.4 Å². The molecule has 0 aliphatic rings. The summed E-state index contributed by atoms with van der Waals surface area (Å²) in [6.45, 7) is 5.15. The van der Waals surface area contributed by atoms with E-state index in [2.05, 4.69) is 22.6 Å². The summed E-state index contributed by atoms with van der Waals surface area (Å²) in [5.74, 6) is -0.580. The first-order valence-electron chi connectivity index (χ1n) is 9.05. The van der Waals surface area contributed by atoms with Gasteiger partial charge >= 0.3 is 5.97 Å². The quantitative estimate of drug-likeness (QED) is 0.328. The van der Waals surface area contributed by atoms with Crippen LogP contribution in [0.5, 0.6) is 5.75 Å². The van der Waals surface area contributed by atoms with E-state index < -0.39 is 5.97 Å². The molecule has 0 bridgehead atoms. The van der Waals surface area contributed by atoms with Crippen molar-refractivity contribution in [3.63, 3.8) is 0 Å². The Morgan fingerprint density at radius 3 is 2.34 bits per heavy atom. The molecule has 0 saturated carbocycles. The number of ether oxygens (including phenoxy) is 1. The van der Waals surface area contributed by atoms with E-state index >= 15 is 0 Å². The Morgan fingerprint density at radius 1 is 1.17 bits per heavy atom. The SMILES string of the molecule is CCN(CC)C(=O)/C(C#N)=C\c1ccc(OCc2ccc(C(=O)O)cc2)c(I)c1. The molecule has 6 nitrogen and oxygen atoms in total. The average molecular weight is 504 g/mol. The normalized spacial score (nSPS) is 10.9. The minimum absolute atomic E-state index is 0.0942. The summed E-state index contributed by atoms with van der Waals surface area (Å²) in [5, 5.41) is 18.3. The zero-order valence-corrected chi connectivity index (χ0v) is 18.3. The number of likely N-dealkylation sites (N-methyl/N-ethyl adjacent to an activating group) is 1. The fraction of sp³-hybridized carbons (Fsp3) is 0.227. The predicted octanol–water partition coefficient (Wildman–Crippen LogP) is 4.34. The number of halogens is 1. The molecule has 150 valence electrons. The fourth-order valence-electron chi connectivity index (χ4n) is 2.62. The molecule has 1 amide bonds. The summed E-state index contributed by atoms with van der Waals surface area (Å²) in [7, 11) is 0. The monoisotopic (exact) mass is 504 g/mol. The maximum absolute atomic E-state index is 12.4. The lowest BCUT2D eigenvalue weighted by atomic mass is 10.1. The van der Waals surface area contributed by atoms with Gasteiger partial charge in [0.05, 0.1) is 9.13 Å². The largest absolute Gasteiger partial charge is 0.488 e. The molecule has 29 heavy (non-hydrogen) atoms. The zero-order valence-electron chi connectivity index (χ0n) is 16.2. The number of carbonyl (C=O) groups is 2. The van der Waals surface area contributed by atoms with Crippen LogP contribution < -0.4 is 4.74 Å². The summed E-state index contributed by atoms with van der Waals surface area (Å²) in [6, 6.07) is 13.9. The molecule has 7 heteroatoms. The summed E-state index contributed by atoms with van der Waals surface area (Å²) >= 11 is 2.14. The maximum Gasteiger partial charge on any atom is 0.335 e. The van der Waals surface area contributed by atoms with Crippen molar-refractivity contribution in [2.75, 3.05) is 13.1 Å². The molecule has 0 aliphatic heterocycles. The second-order valence-electron chi connectivity index (χ2n) is 6.13. The van der Waals surface area contributed by atoms with Crippen LogP contribution in [-0.2, 0) is 11.4 Å². The minimum atomic E-state index is -0.966. The van der Waals surface area contributed by atoms with Gasteiger partial charge in [-0.3, -0.25) is 4.79 Å². The van der Waals surface area contributed by atoms with Crippen LogP contribution in [0, 0.1) is 14.9 Å². The lowest BCUT2D eigenvalue weighted by molar-refractivity contribution is -0.126. The topological polar surface area (TPSA) is 90.6 Å². The minimum Gasteiger partial charge on any atom is -0.488 e. The third-order valence-electron chi connectivity index (χ3n) is 4.26. The molecular formula is C22H21IN2O4. The summed E-state index contributed by atoms with van der Waals surface area (Å²) in [5.41, 5.74) is 1.92. The first-order valence-corrected chi connectivity index (χ1v) is 10.1. The van der Waals surface area contributed by atoms with Crippen molar-refractivity contribution in [2.24, 2.45) is 0 Å². The molecule has 1 N–H and O–H groups in total. The Bertz CT molecular complexity index is 958. The molecular weight excluding hydrogens is 483 g/mol. The molecule has 0 aromatic heterocycles. The first kappa shape index (κ1) is 22.4. The zero-order chi connectivity index (χ0) is 21.4. The number of carboxylic acids is 1. The van der Waals surface area contributed by atoms with Crippen molar-refractivity contribution in [3.8, 4) is 11.8 Å². The van der Waals surface area contributed by atoms with Crippen LogP contribution in [-0.4, -0.2) is 35.0 Å². The Morgan fingerprint density at radius 2 is 1.83 bits per heavy atom. The highest BCUT2D eigenvalue weighted by molar-refractivity contribution is 14.1. The Balaban J connectivity index is 2.12. The van der Waals surface area contributed by atoms with Gasteiger partial charge in [-0.1, -0.05) is 18.2 Å². The number of nitriles is 1. The van der Waals surface area contributed by atoms with Gasteiger partial charge in [0.2, 0.25) is 0 Å². The lowest BCUT2D eigenvalue weighted by Crippen LogP contribution is -2.31. The van der Waals surface area contributed by atoms with Gasteiger partial charge in [-0.05, 0) is 77.9 Å². The van der Waals surface area contributed by atoms with Gasteiger partial charge in [-0.25, -0.2) is 4.79 Å². The molecule has 0 aliphatic carbocycles. The van der Waals surface area contributed by atoms with E-state index in [1.54, 1.807) is 35.2 Å². The highest BCUT2D eigenvalue weighted by Gasteiger charge is 2.15. The highest BCUT2D eigenvalue weighted by Crippen LogP contribution is 2.24. The molecule has 0 unspecified atom stereocenters. The van der Waals surface area contributed by atoms with Gasteiger partial charge in [-0.15, -0.1) is 0 Å². The predicted molar refractivity (Wildman–Crippen MR) is 118 cm³/mol. The number of amides is 1. The number of nitrogens with zero attached hydrogens (tertiary/aromatic N) is 2. The lowest BCUT2D eigenvalue weighted by Gasteiger charge is -2.17. The van der Waals surface area contributed by atoms with Crippen molar-refractivity contribution in [1.29, 1.82) is 5.26 Å². The molecule has 0 atom stereocenters. The molecule has 2 aromatic rings. The number of carboxylic acid groups (broad SMARTS) is 1. The van der Waals surface area contributed by atoms with E-state index in [0.717, 1.165) is 14.7 Å². The van der Waals surface area contributed by atoms with E-state index in [-0.39, 0.29) is 17.0 Å². The number of rotatable bonds is 8. The Labute approximate surface area is 183 Å². The van der Waals surface area contributed by atoms with Crippen LogP contribution in [0.4, 0.5) is 0 Å². The van der Waals surface area contributed by atoms with E-state index in [1.165, 1.54) is 12.1 Å². The van der Waals surface area contributed by atoms with Crippen LogP contribution in [0.1, 0.15) is 35.3 Å². The third kappa shape index (κ3) is 6.06. The smallest absolute Gasteiger partial charge is 0.335 e. The molecule has 0 radical (unpaired) electrons. The third-order valence-corrected chi connectivity index (χ3v) is 5.11. The second-order valence-corrected chi connectivity index (χ2v) is 7.29. The van der Waals surface area contributed by atoms with Crippen LogP contribution in [0.2, 0.25) is 0 Å². The maximum atomic E-state index is 12.4. The van der Waals surface area contributed by atoms with Crippen molar-refractivity contribution in [1.82, 2.24) is 4.90 Å². The summed E-state index contributed by atoms with van der Waals surface area (Å²) in [4.78, 5) is 24.9.